The molecule has 0 spiro atoms. The Kier molecular flexibility index (Phi) is 6.10. The first kappa shape index (κ1) is 20.7. The number of allylic oxidation sites excluding steroid dienone is 1. The zero-order valence-corrected chi connectivity index (χ0v) is 16.7. The fraction of sp³-hybridized carbons (Fsp3) is 0.476. The van der Waals surface area contributed by atoms with Crippen LogP contribution in [0.25, 0.3) is 0 Å². The van der Waals surface area contributed by atoms with Gasteiger partial charge in [-0.2, -0.15) is 0 Å². The fourth-order valence-corrected chi connectivity index (χ4v) is 3.59. The highest BCUT2D eigenvalue weighted by Crippen LogP contribution is 2.41. The summed E-state index contributed by atoms with van der Waals surface area (Å²) in [4.78, 5) is 40.9. The zero-order valence-electron chi connectivity index (χ0n) is 16.7. The van der Waals surface area contributed by atoms with Crippen LogP contribution in [-0.4, -0.2) is 35.8 Å². The smallest absolute Gasteiger partial charge is 0.336 e. The minimum Gasteiger partial charge on any atom is -0.465 e. The van der Waals surface area contributed by atoms with Gasteiger partial charge in [-0.3, -0.25) is 19.9 Å². The van der Waals surface area contributed by atoms with E-state index in [4.69, 9.17) is 9.47 Å². The Balaban J connectivity index is 2.07. The molecule has 0 aromatic heterocycles. The normalized spacial score (nSPS) is 21.4. The number of benzene rings is 1. The van der Waals surface area contributed by atoms with Gasteiger partial charge in [-0.15, -0.1) is 0 Å². The molecule has 0 bridgehead atoms. The van der Waals surface area contributed by atoms with E-state index in [9.17, 15) is 19.7 Å². The Morgan fingerprint density at radius 1 is 1.24 bits per heavy atom. The first-order valence-corrected chi connectivity index (χ1v) is 9.67. The summed E-state index contributed by atoms with van der Waals surface area (Å²) in [6, 6.07) is 5.97. The SMILES string of the molecule is CCOC(=O)C1C(C)=NC(C)=C(C(=O)OCC2CC2)C1c1cccc([N+](=O)[O-])c1. The van der Waals surface area contributed by atoms with Crippen LogP contribution in [0.3, 0.4) is 0 Å². The predicted molar refractivity (Wildman–Crippen MR) is 105 cm³/mol. The van der Waals surface area contributed by atoms with Gasteiger partial charge in [0.15, 0.2) is 0 Å². The largest absolute Gasteiger partial charge is 0.465 e. The van der Waals surface area contributed by atoms with Crippen LogP contribution >= 0.6 is 0 Å². The van der Waals surface area contributed by atoms with Crippen LogP contribution in [0.4, 0.5) is 5.69 Å². The van der Waals surface area contributed by atoms with Crippen molar-refractivity contribution in [3.8, 4) is 0 Å². The van der Waals surface area contributed by atoms with Crippen LogP contribution in [0.15, 0.2) is 40.5 Å². The first-order valence-electron chi connectivity index (χ1n) is 9.67. The van der Waals surface area contributed by atoms with Crippen molar-refractivity contribution >= 4 is 23.3 Å². The molecule has 8 nitrogen and oxygen atoms in total. The summed E-state index contributed by atoms with van der Waals surface area (Å²) in [5.74, 6) is -2.31. The van der Waals surface area contributed by atoms with Crippen molar-refractivity contribution in [3.05, 3.63) is 51.2 Å². The monoisotopic (exact) mass is 400 g/mol. The molecule has 2 atom stereocenters. The van der Waals surface area contributed by atoms with E-state index in [1.165, 1.54) is 12.1 Å². The molecular weight excluding hydrogens is 376 g/mol. The highest BCUT2D eigenvalue weighted by Gasteiger charge is 2.43. The van der Waals surface area contributed by atoms with Gasteiger partial charge in [0, 0.05) is 29.5 Å². The molecule has 1 aromatic rings. The van der Waals surface area contributed by atoms with Crippen molar-refractivity contribution in [1.29, 1.82) is 0 Å². The summed E-state index contributed by atoms with van der Waals surface area (Å²) in [6.45, 7) is 5.57. The van der Waals surface area contributed by atoms with E-state index in [1.807, 2.05) is 0 Å². The maximum absolute atomic E-state index is 12.9. The van der Waals surface area contributed by atoms with Crippen molar-refractivity contribution in [2.75, 3.05) is 13.2 Å². The molecule has 1 fully saturated rings. The Morgan fingerprint density at radius 3 is 2.59 bits per heavy atom. The number of nitro groups is 1. The van der Waals surface area contributed by atoms with E-state index in [2.05, 4.69) is 4.99 Å². The lowest BCUT2D eigenvalue weighted by Crippen LogP contribution is -2.36. The number of ether oxygens (including phenoxy) is 2. The zero-order chi connectivity index (χ0) is 21.1. The van der Waals surface area contributed by atoms with Crippen molar-refractivity contribution in [2.24, 2.45) is 16.8 Å². The van der Waals surface area contributed by atoms with Crippen molar-refractivity contribution < 1.29 is 24.0 Å². The van der Waals surface area contributed by atoms with Crippen molar-refractivity contribution in [1.82, 2.24) is 0 Å². The highest BCUT2D eigenvalue weighted by molar-refractivity contribution is 6.07. The molecule has 1 aliphatic carbocycles. The van der Waals surface area contributed by atoms with Crippen LogP contribution in [0.2, 0.25) is 0 Å². The number of non-ortho nitro benzene ring substituents is 1. The standard InChI is InChI=1S/C21H24N2O6/c1-4-28-20(24)17-12(2)22-13(3)18(21(25)29-11-14-8-9-14)19(17)15-6-5-7-16(10-15)23(26)27/h5-7,10,14,17,19H,4,8-9,11H2,1-3H3. The second-order valence-electron chi connectivity index (χ2n) is 7.35. The molecule has 0 N–H and O–H groups in total. The molecule has 2 aliphatic rings. The van der Waals surface area contributed by atoms with Gasteiger partial charge in [0.25, 0.3) is 5.69 Å². The average Bonchev–Trinajstić information content (AvgIpc) is 3.50. The van der Waals surface area contributed by atoms with E-state index in [0.29, 0.717) is 29.5 Å². The van der Waals surface area contributed by atoms with Crippen LogP contribution in [0.1, 0.15) is 45.1 Å². The van der Waals surface area contributed by atoms with Gasteiger partial charge in [0.05, 0.1) is 23.7 Å². The third-order valence-electron chi connectivity index (χ3n) is 5.18. The molecule has 29 heavy (non-hydrogen) atoms. The Bertz CT molecular complexity index is 900. The van der Waals surface area contributed by atoms with Gasteiger partial charge in [0.2, 0.25) is 0 Å². The lowest BCUT2D eigenvalue weighted by atomic mass is 9.75. The van der Waals surface area contributed by atoms with E-state index in [0.717, 1.165) is 12.8 Å². The number of rotatable bonds is 7. The molecule has 2 unspecified atom stereocenters. The van der Waals surface area contributed by atoms with Gasteiger partial charge >= 0.3 is 11.9 Å². The number of nitrogens with zero attached hydrogens (tertiary/aromatic N) is 2. The summed E-state index contributed by atoms with van der Waals surface area (Å²) < 4.78 is 10.7. The minimum absolute atomic E-state index is 0.117. The second kappa shape index (κ2) is 8.55. The number of carbonyl (C=O) groups excluding carboxylic acids is 2. The fourth-order valence-electron chi connectivity index (χ4n) is 3.59. The van der Waals surface area contributed by atoms with E-state index >= 15 is 0 Å². The van der Waals surface area contributed by atoms with Crippen LogP contribution in [0, 0.1) is 22.0 Å². The third-order valence-corrected chi connectivity index (χ3v) is 5.18. The maximum atomic E-state index is 12.9. The molecule has 0 radical (unpaired) electrons. The van der Waals surface area contributed by atoms with E-state index < -0.39 is 28.7 Å². The van der Waals surface area contributed by atoms with Crippen molar-refractivity contribution in [3.63, 3.8) is 0 Å². The Labute approximate surface area is 168 Å². The molecule has 1 aromatic carbocycles. The first-order chi connectivity index (χ1) is 13.8. The van der Waals surface area contributed by atoms with Crippen LogP contribution in [-0.2, 0) is 19.1 Å². The van der Waals surface area contributed by atoms with Gasteiger partial charge in [-0.05, 0) is 45.1 Å². The number of esters is 2. The summed E-state index contributed by atoms with van der Waals surface area (Å²) in [6.07, 6.45) is 2.06. The summed E-state index contributed by atoms with van der Waals surface area (Å²) in [7, 11) is 0. The van der Waals surface area contributed by atoms with Gasteiger partial charge in [0.1, 0.15) is 5.92 Å². The number of hydrogen-bond donors (Lipinski definition) is 0. The minimum atomic E-state index is -0.857. The lowest BCUT2D eigenvalue weighted by Gasteiger charge is -2.31. The number of carbonyl (C=O) groups is 2. The molecule has 1 aliphatic heterocycles. The summed E-state index contributed by atoms with van der Waals surface area (Å²) >= 11 is 0. The van der Waals surface area contributed by atoms with Gasteiger partial charge in [-0.1, -0.05) is 12.1 Å². The average molecular weight is 400 g/mol. The Hall–Kier alpha value is -3.03. The Morgan fingerprint density at radius 2 is 1.97 bits per heavy atom. The van der Waals surface area contributed by atoms with Crippen LogP contribution in [0.5, 0.6) is 0 Å². The number of nitro benzene ring substituents is 1. The molecule has 154 valence electrons. The molecule has 8 heteroatoms. The molecule has 0 amide bonds. The summed E-state index contributed by atoms with van der Waals surface area (Å²) in [5.41, 5.74) is 1.55. The van der Waals surface area contributed by atoms with Gasteiger partial charge in [-0.25, -0.2) is 4.79 Å². The molecule has 1 saturated carbocycles. The predicted octanol–water partition coefficient (Wildman–Crippen LogP) is 3.56. The van der Waals surface area contributed by atoms with E-state index in [-0.39, 0.29) is 17.9 Å². The highest BCUT2D eigenvalue weighted by atomic mass is 16.6. The number of aliphatic imine (C=N–C) groups is 1. The molecule has 1 heterocycles. The molecule has 0 saturated heterocycles. The van der Waals surface area contributed by atoms with Gasteiger partial charge < -0.3 is 9.47 Å². The van der Waals surface area contributed by atoms with Crippen molar-refractivity contribution in [2.45, 2.75) is 39.5 Å². The van der Waals surface area contributed by atoms with Crippen LogP contribution < -0.4 is 0 Å². The summed E-state index contributed by atoms with van der Waals surface area (Å²) in [5, 5.41) is 11.3. The van der Waals surface area contributed by atoms with E-state index in [1.54, 1.807) is 32.9 Å². The molecular formula is C21H24N2O6. The topological polar surface area (TPSA) is 108 Å². The lowest BCUT2D eigenvalue weighted by molar-refractivity contribution is -0.384. The second-order valence-corrected chi connectivity index (χ2v) is 7.35. The number of hydrogen-bond acceptors (Lipinski definition) is 7. The molecule has 3 rings (SSSR count). The quantitative estimate of drug-likeness (QED) is 0.393. The maximum Gasteiger partial charge on any atom is 0.336 e. The third kappa shape index (κ3) is 4.52.